The number of nitrogens with zero attached hydrogens (tertiary/aromatic N) is 2. The van der Waals surface area contributed by atoms with Gasteiger partial charge in [-0.1, -0.05) is 6.07 Å². The number of hydrogen-bond donors (Lipinski definition) is 1. The molecule has 0 aliphatic carbocycles. The minimum atomic E-state index is -0.992. The molecular formula is C14H9FN2O2. The second kappa shape index (κ2) is 4.20. The summed E-state index contributed by atoms with van der Waals surface area (Å²) < 4.78 is 14.5. The van der Waals surface area contributed by atoms with Gasteiger partial charge in [-0.2, -0.15) is 5.10 Å². The molecule has 0 radical (unpaired) electrons. The Kier molecular flexibility index (Phi) is 2.52. The second-order valence-corrected chi connectivity index (χ2v) is 4.11. The van der Waals surface area contributed by atoms with Gasteiger partial charge < -0.3 is 5.11 Å². The third kappa shape index (κ3) is 1.95. The summed E-state index contributed by atoms with van der Waals surface area (Å²) in [5.74, 6) is -1.32. The summed E-state index contributed by atoms with van der Waals surface area (Å²) in [6, 6.07) is 10.6. The maximum atomic E-state index is 12.9. The van der Waals surface area contributed by atoms with Crippen molar-refractivity contribution < 1.29 is 14.3 Å². The van der Waals surface area contributed by atoms with Crippen molar-refractivity contribution in [2.45, 2.75) is 0 Å². The first kappa shape index (κ1) is 11.4. The summed E-state index contributed by atoms with van der Waals surface area (Å²) in [6.07, 6.45) is 1.64. The Hall–Kier alpha value is -2.69. The zero-order valence-corrected chi connectivity index (χ0v) is 9.75. The molecule has 0 atom stereocenters. The van der Waals surface area contributed by atoms with Gasteiger partial charge in [0.1, 0.15) is 5.82 Å². The van der Waals surface area contributed by atoms with Crippen LogP contribution in [0.3, 0.4) is 0 Å². The number of halogens is 1. The van der Waals surface area contributed by atoms with E-state index in [1.54, 1.807) is 35.1 Å². The SMILES string of the molecule is O=C(O)c1ccc2cnn(-c3ccc(F)cc3)c2c1. The molecule has 5 heteroatoms. The van der Waals surface area contributed by atoms with Gasteiger partial charge in [-0.15, -0.1) is 0 Å². The molecule has 19 heavy (non-hydrogen) atoms. The maximum absolute atomic E-state index is 12.9. The number of carboxylic acid groups (broad SMARTS) is 1. The Balaban J connectivity index is 2.21. The van der Waals surface area contributed by atoms with E-state index < -0.39 is 5.97 Å². The first-order valence-corrected chi connectivity index (χ1v) is 5.62. The fourth-order valence-corrected chi connectivity index (χ4v) is 1.94. The van der Waals surface area contributed by atoms with E-state index in [0.717, 1.165) is 5.39 Å². The Bertz CT molecular complexity index is 763. The Morgan fingerprint density at radius 2 is 1.89 bits per heavy atom. The van der Waals surface area contributed by atoms with Crippen LogP contribution in [0.2, 0.25) is 0 Å². The summed E-state index contributed by atoms with van der Waals surface area (Å²) in [4.78, 5) is 11.0. The molecule has 0 bridgehead atoms. The fourth-order valence-electron chi connectivity index (χ4n) is 1.94. The summed E-state index contributed by atoms with van der Waals surface area (Å²) in [5.41, 5.74) is 1.54. The van der Waals surface area contributed by atoms with Crippen molar-refractivity contribution in [1.82, 2.24) is 9.78 Å². The predicted molar refractivity (Wildman–Crippen MR) is 68.0 cm³/mol. The zero-order valence-electron chi connectivity index (χ0n) is 9.75. The van der Waals surface area contributed by atoms with E-state index in [1.807, 2.05) is 0 Å². The molecule has 0 aliphatic heterocycles. The number of carboxylic acids is 1. The van der Waals surface area contributed by atoms with E-state index in [-0.39, 0.29) is 11.4 Å². The molecule has 1 heterocycles. The van der Waals surface area contributed by atoms with Crippen LogP contribution in [0.4, 0.5) is 4.39 Å². The van der Waals surface area contributed by atoms with Gasteiger partial charge >= 0.3 is 5.97 Å². The van der Waals surface area contributed by atoms with Crippen LogP contribution < -0.4 is 0 Å². The quantitative estimate of drug-likeness (QED) is 0.767. The van der Waals surface area contributed by atoms with E-state index in [0.29, 0.717) is 11.2 Å². The highest BCUT2D eigenvalue weighted by Gasteiger charge is 2.09. The molecule has 3 rings (SSSR count). The first-order valence-electron chi connectivity index (χ1n) is 5.62. The largest absolute Gasteiger partial charge is 0.478 e. The summed E-state index contributed by atoms with van der Waals surface area (Å²) in [6.45, 7) is 0. The molecule has 2 aromatic carbocycles. The van der Waals surface area contributed by atoms with Gasteiger partial charge in [0.05, 0.1) is 23.0 Å². The second-order valence-electron chi connectivity index (χ2n) is 4.11. The topological polar surface area (TPSA) is 55.1 Å². The fraction of sp³-hybridized carbons (Fsp3) is 0. The molecule has 1 N–H and O–H groups in total. The standard InChI is InChI=1S/C14H9FN2O2/c15-11-3-5-12(6-4-11)17-13-7-9(14(18)19)1-2-10(13)8-16-17/h1-8H,(H,18,19). The van der Waals surface area contributed by atoms with Crippen molar-refractivity contribution in [1.29, 1.82) is 0 Å². The zero-order chi connectivity index (χ0) is 13.4. The van der Waals surface area contributed by atoms with Crippen molar-refractivity contribution in [3.05, 3.63) is 60.0 Å². The van der Waals surface area contributed by atoms with Crippen molar-refractivity contribution in [3.63, 3.8) is 0 Å². The van der Waals surface area contributed by atoms with Crippen LogP contribution in [0.25, 0.3) is 16.6 Å². The van der Waals surface area contributed by atoms with Crippen LogP contribution in [0.1, 0.15) is 10.4 Å². The molecule has 3 aromatic rings. The number of hydrogen-bond acceptors (Lipinski definition) is 2. The van der Waals surface area contributed by atoms with E-state index in [4.69, 9.17) is 5.11 Å². The molecule has 94 valence electrons. The minimum absolute atomic E-state index is 0.191. The molecule has 0 saturated heterocycles. The van der Waals surface area contributed by atoms with Gasteiger partial charge in [-0.25, -0.2) is 13.9 Å². The average molecular weight is 256 g/mol. The highest BCUT2D eigenvalue weighted by atomic mass is 19.1. The molecule has 0 aliphatic rings. The van der Waals surface area contributed by atoms with Crippen LogP contribution in [-0.2, 0) is 0 Å². The van der Waals surface area contributed by atoms with Crippen LogP contribution in [-0.4, -0.2) is 20.9 Å². The molecule has 1 aromatic heterocycles. The molecular weight excluding hydrogens is 247 g/mol. The monoisotopic (exact) mass is 256 g/mol. The third-order valence-corrected chi connectivity index (χ3v) is 2.89. The van der Waals surface area contributed by atoms with Crippen molar-refractivity contribution in [2.24, 2.45) is 0 Å². The van der Waals surface area contributed by atoms with E-state index in [2.05, 4.69) is 5.10 Å². The maximum Gasteiger partial charge on any atom is 0.335 e. The number of carbonyl (C=O) groups is 1. The van der Waals surface area contributed by atoms with Crippen molar-refractivity contribution in [2.75, 3.05) is 0 Å². The highest BCUT2D eigenvalue weighted by Crippen LogP contribution is 2.20. The van der Waals surface area contributed by atoms with Gasteiger partial charge in [0, 0.05) is 5.39 Å². The van der Waals surface area contributed by atoms with Crippen LogP contribution in [0.15, 0.2) is 48.7 Å². The van der Waals surface area contributed by atoms with Crippen molar-refractivity contribution >= 4 is 16.9 Å². The van der Waals surface area contributed by atoms with Gasteiger partial charge in [0.25, 0.3) is 0 Å². The Labute approximate surface area is 107 Å². The van der Waals surface area contributed by atoms with Gasteiger partial charge in [-0.3, -0.25) is 0 Å². The number of benzene rings is 2. The molecule has 0 spiro atoms. The van der Waals surface area contributed by atoms with Gasteiger partial charge in [0.15, 0.2) is 0 Å². The molecule has 4 nitrogen and oxygen atoms in total. The average Bonchev–Trinajstić information content (AvgIpc) is 2.82. The van der Waals surface area contributed by atoms with E-state index >= 15 is 0 Å². The minimum Gasteiger partial charge on any atom is -0.478 e. The number of aromatic nitrogens is 2. The van der Waals surface area contributed by atoms with Gasteiger partial charge in [0.2, 0.25) is 0 Å². The number of aromatic carboxylic acids is 1. The Morgan fingerprint density at radius 1 is 1.16 bits per heavy atom. The normalized spacial score (nSPS) is 10.8. The number of fused-ring (bicyclic) bond motifs is 1. The lowest BCUT2D eigenvalue weighted by Gasteiger charge is -2.04. The molecule has 0 fully saturated rings. The summed E-state index contributed by atoms with van der Waals surface area (Å²) in [7, 11) is 0. The molecule has 0 amide bonds. The highest BCUT2D eigenvalue weighted by molar-refractivity contribution is 5.93. The summed E-state index contributed by atoms with van der Waals surface area (Å²) in [5, 5.41) is 14.0. The third-order valence-electron chi connectivity index (χ3n) is 2.89. The first-order chi connectivity index (χ1) is 9.15. The number of rotatable bonds is 2. The van der Waals surface area contributed by atoms with Crippen LogP contribution >= 0.6 is 0 Å². The van der Waals surface area contributed by atoms with E-state index in [9.17, 15) is 9.18 Å². The smallest absolute Gasteiger partial charge is 0.335 e. The van der Waals surface area contributed by atoms with Crippen LogP contribution in [0, 0.1) is 5.82 Å². The predicted octanol–water partition coefficient (Wildman–Crippen LogP) is 2.86. The Morgan fingerprint density at radius 3 is 2.58 bits per heavy atom. The lowest BCUT2D eigenvalue weighted by Crippen LogP contribution is -1.99. The molecule has 0 saturated carbocycles. The molecule has 0 unspecified atom stereocenters. The van der Waals surface area contributed by atoms with Gasteiger partial charge in [-0.05, 0) is 36.4 Å². The summed E-state index contributed by atoms with van der Waals surface area (Å²) >= 11 is 0. The lowest BCUT2D eigenvalue weighted by atomic mass is 10.1. The van der Waals surface area contributed by atoms with Crippen molar-refractivity contribution in [3.8, 4) is 5.69 Å². The van der Waals surface area contributed by atoms with E-state index in [1.165, 1.54) is 18.2 Å². The van der Waals surface area contributed by atoms with Crippen LogP contribution in [0.5, 0.6) is 0 Å². The lowest BCUT2D eigenvalue weighted by molar-refractivity contribution is 0.0697.